The van der Waals surface area contributed by atoms with Crippen LogP contribution >= 0.6 is 0 Å². The number of hydrogen-bond donors (Lipinski definition) is 2. The molecule has 1 aliphatic rings. The van der Waals surface area contributed by atoms with Crippen molar-refractivity contribution in [3.8, 4) is 22.7 Å². The molecule has 0 radical (unpaired) electrons. The lowest BCUT2D eigenvalue weighted by Gasteiger charge is -2.21. The molecule has 8 nitrogen and oxygen atoms in total. The van der Waals surface area contributed by atoms with Gasteiger partial charge in [0, 0.05) is 18.1 Å². The zero-order valence-corrected chi connectivity index (χ0v) is 18.7. The number of aromatic nitrogens is 2. The molecule has 1 amide bonds. The molecule has 0 spiro atoms. The van der Waals surface area contributed by atoms with Crippen LogP contribution < -0.4 is 15.6 Å². The maximum absolute atomic E-state index is 13.9. The Kier molecular flexibility index (Phi) is 7.36. The summed E-state index contributed by atoms with van der Waals surface area (Å²) in [6.07, 6.45) is -4.25. The van der Waals surface area contributed by atoms with Crippen molar-refractivity contribution in [2.24, 2.45) is 5.92 Å². The van der Waals surface area contributed by atoms with Gasteiger partial charge in [0.1, 0.15) is 17.1 Å². The van der Waals surface area contributed by atoms with Crippen molar-refractivity contribution >= 4 is 5.91 Å². The fraction of sp³-hybridized carbons (Fsp3) is 0.292. The molecule has 12 heteroatoms. The van der Waals surface area contributed by atoms with Crippen molar-refractivity contribution < 1.29 is 36.9 Å². The molecule has 2 aromatic carbocycles. The van der Waals surface area contributed by atoms with Gasteiger partial charge in [-0.2, -0.15) is 9.78 Å². The number of ether oxygens (including phenoxy) is 2. The summed E-state index contributed by atoms with van der Waals surface area (Å²) in [5, 5.41) is 16.6. The molecule has 0 unspecified atom stereocenters. The number of rotatable bonds is 7. The van der Waals surface area contributed by atoms with Crippen LogP contribution in [0.25, 0.3) is 16.9 Å². The lowest BCUT2D eigenvalue weighted by molar-refractivity contribution is -0.274. The molecule has 1 saturated heterocycles. The Balaban J connectivity index is 1.75. The average Bonchev–Trinajstić information content (AvgIpc) is 3.37. The third-order valence-electron chi connectivity index (χ3n) is 5.64. The number of benzene rings is 2. The second-order valence-electron chi connectivity index (χ2n) is 8.10. The molecule has 1 aromatic heterocycles. The molecule has 0 aliphatic carbocycles. The summed E-state index contributed by atoms with van der Waals surface area (Å²) in [6, 6.07) is 10.2. The average molecular weight is 507 g/mol. The number of nitrogens with zero attached hydrogens (tertiary/aromatic N) is 2. The van der Waals surface area contributed by atoms with Crippen molar-refractivity contribution in [3.63, 3.8) is 0 Å². The Morgan fingerprint density at radius 1 is 1.22 bits per heavy atom. The smallest absolute Gasteiger partial charge is 0.406 e. The number of hydrogen-bond acceptors (Lipinski definition) is 6. The largest absolute Gasteiger partial charge is 0.573 e. The maximum Gasteiger partial charge on any atom is 0.573 e. The highest BCUT2D eigenvalue weighted by atomic mass is 19.4. The van der Waals surface area contributed by atoms with E-state index in [2.05, 4.69) is 15.2 Å². The zero-order chi connectivity index (χ0) is 25.9. The molecule has 2 atom stereocenters. The van der Waals surface area contributed by atoms with E-state index in [1.54, 1.807) is 0 Å². The monoisotopic (exact) mass is 507 g/mol. The highest BCUT2D eigenvalue weighted by Gasteiger charge is 2.31. The second kappa shape index (κ2) is 10.5. The first-order valence-corrected chi connectivity index (χ1v) is 10.9. The van der Waals surface area contributed by atoms with Gasteiger partial charge >= 0.3 is 6.36 Å². The van der Waals surface area contributed by atoms with E-state index in [4.69, 9.17) is 4.74 Å². The van der Waals surface area contributed by atoms with E-state index >= 15 is 0 Å². The van der Waals surface area contributed by atoms with Gasteiger partial charge in [-0.15, -0.1) is 13.2 Å². The summed E-state index contributed by atoms with van der Waals surface area (Å²) in [6.45, 7) is 0.445. The van der Waals surface area contributed by atoms with E-state index in [1.807, 2.05) is 0 Å². The van der Waals surface area contributed by atoms with Gasteiger partial charge in [0.15, 0.2) is 0 Å². The van der Waals surface area contributed by atoms with Crippen LogP contribution in [0.15, 0.2) is 59.4 Å². The number of nitrogens with one attached hydrogen (secondary N) is 1. The van der Waals surface area contributed by atoms with Crippen molar-refractivity contribution in [2.45, 2.75) is 18.8 Å². The van der Waals surface area contributed by atoms with E-state index in [0.29, 0.717) is 19.6 Å². The summed E-state index contributed by atoms with van der Waals surface area (Å²) in [4.78, 5) is 26.3. The van der Waals surface area contributed by atoms with Crippen LogP contribution in [0, 0.1) is 11.7 Å². The van der Waals surface area contributed by atoms with Crippen molar-refractivity contribution in [3.05, 3.63) is 76.3 Å². The molecule has 0 saturated carbocycles. The number of halogens is 4. The number of amides is 1. The number of carbonyl (C=O) groups excluding carboxylic acids is 1. The van der Waals surface area contributed by atoms with Crippen LogP contribution in [0.3, 0.4) is 0 Å². The number of aliphatic hydroxyl groups is 1. The SMILES string of the molecule is O=C(N[C@@H](CO)[C@H]1CCOC1)c1cc(-c2ccc(OC(F)(F)F)cc2)nn(-c2cccc(F)c2)c1=O. The molecule has 2 N–H and O–H groups in total. The number of alkyl halides is 3. The van der Waals surface area contributed by atoms with Gasteiger partial charge in [-0.3, -0.25) is 9.59 Å². The van der Waals surface area contributed by atoms with Gasteiger partial charge in [0.2, 0.25) is 0 Å². The molecule has 190 valence electrons. The Morgan fingerprint density at radius 3 is 2.58 bits per heavy atom. The third kappa shape index (κ3) is 5.89. The molecular weight excluding hydrogens is 486 g/mol. The predicted molar refractivity (Wildman–Crippen MR) is 119 cm³/mol. The summed E-state index contributed by atoms with van der Waals surface area (Å²) >= 11 is 0. The van der Waals surface area contributed by atoms with Gasteiger partial charge < -0.3 is 19.9 Å². The molecule has 4 rings (SSSR count). The Morgan fingerprint density at radius 2 is 1.97 bits per heavy atom. The number of carbonyl (C=O) groups is 1. The maximum atomic E-state index is 13.9. The Bertz CT molecular complexity index is 1290. The minimum absolute atomic E-state index is 0.0378. The van der Waals surface area contributed by atoms with Crippen LogP contribution in [-0.4, -0.2) is 53.0 Å². The predicted octanol–water partition coefficient (Wildman–Crippen LogP) is 3.06. The normalized spacial score (nSPS) is 16.5. The lowest BCUT2D eigenvalue weighted by atomic mass is 9.99. The molecule has 1 aliphatic heterocycles. The fourth-order valence-corrected chi connectivity index (χ4v) is 3.84. The summed E-state index contributed by atoms with van der Waals surface area (Å²) in [7, 11) is 0. The van der Waals surface area contributed by atoms with Gasteiger partial charge in [-0.1, -0.05) is 6.07 Å². The summed E-state index contributed by atoms with van der Waals surface area (Å²) in [5.74, 6) is -2.05. The van der Waals surface area contributed by atoms with E-state index in [-0.39, 0.29) is 35.0 Å². The van der Waals surface area contributed by atoms with Crippen LogP contribution in [0.4, 0.5) is 17.6 Å². The minimum atomic E-state index is -4.87. The van der Waals surface area contributed by atoms with Crippen LogP contribution in [0.5, 0.6) is 5.75 Å². The van der Waals surface area contributed by atoms with E-state index in [0.717, 1.165) is 22.9 Å². The quantitative estimate of drug-likeness (QED) is 0.477. The fourth-order valence-electron chi connectivity index (χ4n) is 3.84. The minimum Gasteiger partial charge on any atom is -0.406 e. The van der Waals surface area contributed by atoms with Gasteiger partial charge in [-0.05, 0) is 55.0 Å². The first-order valence-electron chi connectivity index (χ1n) is 10.9. The molecule has 1 fully saturated rings. The third-order valence-corrected chi connectivity index (χ3v) is 5.64. The summed E-state index contributed by atoms with van der Waals surface area (Å²) < 4.78 is 61.4. The van der Waals surface area contributed by atoms with E-state index in [1.165, 1.54) is 36.4 Å². The van der Waals surface area contributed by atoms with Crippen LogP contribution in [0.2, 0.25) is 0 Å². The molecule has 0 bridgehead atoms. The zero-order valence-electron chi connectivity index (χ0n) is 18.7. The van der Waals surface area contributed by atoms with Gasteiger partial charge in [0.05, 0.1) is 30.6 Å². The first-order chi connectivity index (χ1) is 17.1. The highest BCUT2D eigenvalue weighted by molar-refractivity contribution is 5.95. The topological polar surface area (TPSA) is 103 Å². The van der Waals surface area contributed by atoms with Crippen LogP contribution in [-0.2, 0) is 4.74 Å². The molecule has 2 heterocycles. The standard InChI is InChI=1S/C24H21F4N3O5/c25-16-2-1-3-17(10-16)31-23(34)19(22(33)29-21(12-32)15-8-9-35-13-15)11-20(30-31)14-4-6-18(7-5-14)36-24(26,27)28/h1-7,10-11,15,21,32H,8-9,12-13H2,(H,29,33)/t15-,21-/m0/s1. The molecular formula is C24H21F4N3O5. The Labute approximate surface area is 202 Å². The Hall–Kier alpha value is -3.77. The van der Waals surface area contributed by atoms with E-state index in [9.17, 15) is 32.3 Å². The highest BCUT2D eigenvalue weighted by Crippen LogP contribution is 2.26. The molecule has 36 heavy (non-hydrogen) atoms. The first kappa shape index (κ1) is 25.3. The van der Waals surface area contributed by atoms with Gasteiger partial charge in [0.25, 0.3) is 11.5 Å². The second-order valence-corrected chi connectivity index (χ2v) is 8.10. The molecule has 3 aromatic rings. The summed E-state index contributed by atoms with van der Waals surface area (Å²) in [5.41, 5.74) is -0.828. The van der Waals surface area contributed by atoms with Crippen molar-refractivity contribution in [1.29, 1.82) is 0 Å². The van der Waals surface area contributed by atoms with Crippen LogP contribution in [0.1, 0.15) is 16.8 Å². The lowest BCUT2D eigenvalue weighted by Crippen LogP contribution is -2.45. The van der Waals surface area contributed by atoms with Gasteiger partial charge in [-0.25, -0.2) is 4.39 Å². The number of aliphatic hydroxyl groups excluding tert-OH is 1. The van der Waals surface area contributed by atoms with Crippen molar-refractivity contribution in [1.82, 2.24) is 15.1 Å². The van der Waals surface area contributed by atoms with E-state index < -0.39 is 35.4 Å². The van der Waals surface area contributed by atoms with Crippen molar-refractivity contribution in [2.75, 3.05) is 19.8 Å².